The van der Waals surface area contributed by atoms with E-state index in [-0.39, 0.29) is 11.3 Å². The number of amides is 1. The van der Waals surface area contributed by atoms with E-state index in [1.165, 1.54) is 12.0 Å². The van der Waals surface area contributed by atoms with E-state index in [1.54, 1.807) is 36.4 Å². The van der Waals surface area contributed by atoms with Gasteiger partial charge in [0.1, 0.15) is 17.3 Å². The fourth-order valence-electron chi connectivity index (χ4n) is 4.52. The molecule has 0 aromatic heterocycles. The molecular formula is C29H38N2O7. The lowest BCUT2D eigenvalue weighted by atomic mass is 9.94. The summed E-state index contributed by atoms with van der Waals surface area (Å²) in [6.07, 6.45) is 0.651. The molecule has 1 saturated heterocycles. The van der Waals surface area contributed by atoms with Crippen LogP contribution >= 0.6 is 0 Å². The zero-order valence-corrected chi connectivity index (χ0v) is 23.1. The van der Waals surface area contributed by atoms with Crippen LogP contribution in [0.3, 0.4) is 0 Å². The molecule has 0 radical (unpaired) electrons. The number of benzene rings is 2. The molecule has 1 N–H and O–H groups in total. The number of ether oxygens (including phenoxy) is 4. The first-order chi connectivity index (χ1) is 18.3. The molecule has 0 aliphatic carbocycles. The molecule has 206 valence electrons. The lowest BCUT2D eigenvalue weighted by Gasteiger charge is -2.26. The van der Waals surface area contributed by atoms with Gasteiger partial charge in [0.25, 0.3) is 11.7 Å². The standard InChI is InChI=1S/C29H38N2O7/c1-7-36-20-12-13-21(23(18-20)38-9-3)27(32)25-26(19-11-14-22(37-8-2)24(17-19)35-6)31(29(34)28(25)33)16-10-15-30(4)5/h11-14,17-18,26,32H,7-10,15-16H2,1-6H3/b27-25+. The number of likely N-dealkylation sites (tertiary alicyclic amines) is 1. The highest BCUT2D eigenvalue weighted by atomic mass is 16.5. The second kappa shape index (κ2) is 13.2. The number of carbonyl (C=O) groups is 2. The maximum atomic E-state index is 13.4. The maximum absolute atomic E-state index is 13.4. The van der Waals surface area contributed by atoms with E-state index in [0.29, 0.717) is 66.9 Å². The van der Waals surface area contributed by atoms with E-state index in [2.05, 4.69) is 0 Å². The van der Waals surface area contributed by atoms with Gasteiger partial charge >= 0.3 is 0 Å². The van der Waals surface area contributed by atoms with Crippen molar-refractivity contribution < 1.29 is 33.6 Å². The minimum Gasteiger partial charge on any atom is -0.507 e. The molecule has 1 unspecified atom stereocenters. The Labute approximate surface area is 224 Å². The maximum Gasteiger partial charge on any atom is 0.295 e. The van der Waals surface area contributed by atoms with Crippen LogP contribution < -0.4 is 18.9 Å². The topological polar surface area (TPSA) is 97.8 Å². The van der Waals surface area contributed by atoms with Crippen LogP contribution in [0.4, 0.5) is 0 Å². The molecule has 1 fully saturated rings. The van der Waals surface area contributed by atoms with Gasteiger partial charge < -0.3 is 33.9 Å². The van der Waals surface area contributed by atoms with Gasteiger partial charge in [0.15, 0.2) is 11.5 Å². The summed E-state index contributed by atoms with van der Waals surface area (Å²) in [7, 11) is 5.43. The van der Waals surface area contributed by atoms with Crippen LogP contribution in [0.15, 0.2) is 42.0 Å². The van der Waals surface area contributed by atoms with Crippen LogP contribution in [0.1, 0.15) is 44.4 Å². The first-order valence-electron chi connectivity index (χ1n) is 12.9. The number of hydrogen-bond donors (Lipinski definition) is 1. The van der Waals surface area contributed by atoms with Crippen LogP contribution in [0.2, 0.25) is 0 Å². The average Bonchev–Trinajstić information content (AvgIpc) is 3.14. The van der Waals surface area contributed by atoms with Crippen molar-refractivity contribution in [2.75, 3.05) is 54.1 Å². The smallest absolute Gasteiger partial charge is 0.295 e. The molecule has 1 atom stereocenters. The Morgan fingerprint density at radius 2 is 1.61 bits per heavy atom. The summed E-state index contributed by atoms with van der Waals surface area (Å²) in [4.78, 5) is 30.3. The normalized spacial score (nSPS) is 16.7. The summed E-state index contributed by atoms with van der Waals surface area (Å²) in [5.41, 5.74) is 0.931. The fourth-order valence-corrected chi connectivity index (χ4v) is 4.52. The Morgan fingerprint density at radius 1 is 0.921 bits per heavy atom. The van der Waals surface area contributed by atoms with Crippen molar-refractivity contribution in [3.63, 3.8) is 0 Å². The highest BCUT2D eigenvalue weighted by Crippen LogP contribution is 2.43. The Balaban J connectivity index is 2.19. The van der Waals surface area contributed by atoms with Gasteiger partial charge in [-0.25, -0.2) is 0 Å². The Bertz CT molecular complexity index is 1180. The number of aliphatic hydroxyl groups is 1. The Morgan fingerprint density at radius 3 is 2.24 bits per heavy atom. The van der Waals surface area contributed by atoms with Crippen molar-refractivity contribution in [2.45, 2.75) is 33.2 Å². The Kier molecular flexibility index (Phi) is 10.0. The average molecular weight is 527 g/mol. The van der Waals surface area contributed by atoms with E-state index < -0.39 is 17.7 Å². The predicted octanol–water partition coefficient (Wildman–Crippen LogP) is 4.26. The van der Waals surface area contributed by atoms with Gasteiger partial charge in [-0.3, -0.25) is 9.59 Å². The molecule has 0 saturated carbocycles. The summed E-state index contributed by atoms with van der Waals surface area (Å²) in [5, 5.41) is 11.6. The molecule has 3 rings (SSSR count). The van der Waals surface area contributed by atoms with Gasteiger partial charge in [0.05, 0.1) is 44.1 Å². The van der Waals surface area contributed by atoms with Gasteiger partial charge in [-0.2, -0.15) is 0 Å². The molecule has 9 nitrogen and oxygen atoms in total. The fraction of sp³-hybridized carbons (Fsp3) is 0.448. The number of nitrogens with zero attached hydrogens (tertiary/aromatic N) is 2. The molecule has 1 amide bonds. The Hall–Kier alpha value is -3.72. The molecule has 1 heterocycles. The molecule has 1 aliphatic heterocycles. The number of hydrogen-bond acceptors (Lipinski definition) is 8. The van der Waals surface area contributed by atoms with Crippen LogP contribution in [0, 0.1) is 0 Å². The molecule has 0 spiro atoms. The van der Waals surface area contributed by atoms with Gasteiger partial charge in [-0.15, -0.1) is 0 Å². The monoisotopic (exact) mass is 526 g/mol. The van der Waals surface area contributed by atoms with Crippen LogP contribution in [-0.4, -0.2) is 80.7 Å². The third-order valence-electron chi connectivity index (χ3n) is 6.17. The number of Topliss-reactive ketones (excluding diaryl/α,β-unsaturated/α-hetero) is 1. The van der Waals surface area contributed by atoms with Crippen molar-refractivity contribution in [2.24, 2.45) is 0 Å². The first-order valence-corrected chi connectivity index (χ1v) is 12.9. The summed E-state index contributed by atoms with van der Waals surface area (Å²) in [5.74, 6) is 0.242. The van der Waals surface area contributed by atoms with E-state index >= 15 is 0 Å². The lowest BCUT2D eigenvalue weighted by molar-refractivity contribution is -0.139. The molecular weight excluding hydrogens is 488 g/mol. The van der Waals surface area contributed by atoms with Crippen molar-refractivity contribution >= 4 is 17.4 Å². The quantitative estimate of drug-likeness (QED) is 0.235. The number of rotatable bonds is 13. The minimum absolute atomic E-state index is 0.00354. The lowest BCUT2D eigenvalue weighted by Crippen LogP contribution is -2.32. The summed E-state index contributed by atoms with van der Waals surface area (Å²) < 4.78 is 22.6. The third kappa shape index (κ3) is 6.22. The van der Waals surface area contributed by atoms with Crippen LogP contribution in [-0.2, 0) is 9.59 Å². The van der Waals surface area contributed by atoms with Gasteiger partial charge in [-0.05, 0) is 77.7 Å². The van der Waals surface area contributed by atoms with Crippen molar-refractivity contribution in [3.8, 4) is 23.0 Å². The van der Waals surface area contributed by atoms with Crippen molar-refractivity contribution in [1.82, 2.24) is 9.80 Å². The molecule has 9 heteroatoms. The van der Waals surface area contributed by atoms with E-state index in [9.17, 15) is 14.7 Å². The van der Waals surface area contributed by atoms with Gasteiger partial charge in [0.2, 0.25) is 0 Å². The van der Waals surface area contributed by atoms with Gasteiger partial charge in [0, 0.05) is 12.6 Å². The summed E-state index contributed by atoms with van der Waals surface area (Å²) in [6, 6.07) is 9.48. The summed E-state index contributed by atoms with van der Waals surface area (Å²) in [6.45, 7) is 7.90. The number of carbonyl (C=O) groups excluding carboxylic acids is 2. The van der Waals surface area contributed by atoms with Crippen molar-refractivity contribution in [1.29, 1.82) is 0 Å². The zero-order chi connectivity index (χ0) is 27.8. The second-order valence-corrected chi connectivity index (χ2v) is 9.02. The van der Waals surface area contributed by atoms with E-state index in [0.717, 1.165) is 6.54 Å². The zero-order valence-electron chi connectivity index (χ0n) is 23.1. The van der Waals surface area contributed by atoms with Crippen LogP contribution in [0.25, 0.3) is 5.76 Å². The molecule has 1 aliphatic rings. The van der Waals surface area contributed by atoms with Gasteiger partial charge in [-0.1, -0.05) is 6.07 Å². The highest BCUT2D eigenvalue weighted by molar-refractivity contribution is 6.46. The third-order valence-corrected chi connectivity index (χ3v) is 6.17. The number of aliphatic hydroxyl groups excluding tert-OH is 1. The number of ketones is 1. The predicted molar refractivity (Wildman–Crippen MR) is 145 cm³/mol. The first kappa shape index (κ1) is 28.8. The minimum atomic E-state index is -0.817. The number of methoxy groups -OCH3 is 1. The molecule has 2 aromatic rings. The molecule has 38 heavy (non-hydrogen) atoms. The van der Waals surface area contributed by atoms with E-state index in [1.807, 2.05) is 39.8 Å². The molecule has 2 aromatic carbocycles. The molecule has 0 bridgehead atoms. The van der Waals surface area contributed by atoms with Crippen LogP contribution in [0.5, 0.6) is 23.0 Å². The van der Waals surface area contributed by atoms with E-state index in [4.69, 9.17) is 18.9 Å². The summed E-state index contributed by atoms with van der Waals surface area (Å²) >= 11 is 0. The second-order valence-electron chi connectivity index (χ2n) is 9.02. The SMILES string of the molecule is CCOc1ccc(/C(O)=C2\C(=O)C(=O)N(CCCN(C)C)C2c2ccc(OCC)c(OC)c2)c(OCC)c1. The van der Waals surface area contributed by atoms with Crippen molar-refractivity contribution in [3.05, 3.63) is 53.1 Å². The largest absolute Gasteiger partial charge is 0.507 e. The highest BCUT2D eigenvalue weighted by Gasteiger charge is 2.46.